The standard InChI is InChI=1S/C17H20O5/c1-7-10-5-11(10)16(4)6-17(20)13(8(2)15(19)22-17)14(12(7)16)21-9(3)18/h10-12,14,20H,1,5-6H2,2-4H3/t10-,11-,12+,14-,16+,17-/m0/s1. The Balaban J connectivity index is 1.88. The van der Waals surface area contributed by atoms with Gasteiger partial charge in [-0.3, -0.25) is 4.79 Å². The lowest BCUT2D eigenvalue weighted by Crippen LogP contribution is -2.54. The first-order chi connectivity index (χ1) is 10.2. The highest BCUT2D eigenvalue weighted by Crippen LogP contribution is 2.73. The van der Waals surface area contributed by atoms with Crippen LogP contribution in [0.3, 0.4) is 0 Å². The molecule has 0 radical (unpaired) electrons. The number of esters is 2. The summed E-state index contributed by atoms with van der Waals surface area (Å²) in [5, 5.41) is 10.9. The van der Waals surface area contributed by atoms with Gasteiger partial charge in [0.2, 0.25) is 5.79 Å². The molecule has 1 N–H and O–H groups in total. The number of rotatable bonds is 1. The number of hydrogen-bond acceptors (Lipinski definition) is 5. The molecule has 22 heavy (non-hydrogen) atoms. The molecule has 0 unspecified atom stereocenters. The molecule has 0 aromatic heterocycles. The second-order valence-corrected chi connectivity index (χ2v) is 7.43. The van der Waals surface area contributed by atoms with Gasteiger partial charge in [-0.1, -0.05) is 19.1 Å². The number of fused-ring (bicyclic) bond motifs is 4. The summed E-state index contributed by atoms with van der Waals surface area (Å²) >= 11 is 0. The average Bonchev–Trinajstić information content (AvgIpc) is 3.08. The van der Waals surface area contributed by atoms with Crippen molar-refractivity contribution in [2.75, 3.05) is 0 Å². The first-order valence-electron chi connectivity index (χ1n) is 7.72. The predicted molar refractivity (Wildman–Crippen MR) is 76.2 cm³/mol. The van der Waals surface area contributed by atoms with Crippen LogP contribution in [0.15, 0.2) is 23.3 Å². The van der Waals surface area contributed by atoms with E-state index in [0.717, 1.165) is 12.0 Å². The average molecular weight is 304 g/mol. The first-order valence-corrected chi connectivity index (χ1v) is 7.72. The minimum atomic E-state index is -1.65. The molecule has 1 heterocycles. The van der Waals surface area contributed by atoms with Gasteiger partial charge in [-0.05, 0) is 30.6 Å². The molecule has 1 aliphatic heterocycles. The fourth-order valence-corrected chi connectivity index (χ4v) is 5.24. The van der Waals surface area contributed by atoms with Crippen LogP contribution in [0, 0.1) is 23.2 Å². The van der Waals surface area contributed by atoms with E-state index < -0.39 is 23.8 Å². The zero-order chi connectivity index (χ0) is 16.0. The van der Waals surface area contributed by atoms with Crippen molar-refractivity contribution in [3.63, 3.8) is 0 Å². The van der Waals surface area contributed by atoms with E-state index in [1.165, 1.54) is 6.92 Å². The van der Waals surface area contributed by atoms with Crippen LogP contribution in [-0.2, 0) is 19.1 Å². The molecule has 5 heteroatoms. The van der Waals surface area contributed by atoms with Crippen LogP contribution in [0.4, 0.5) is 0 Å². The van der Waals surface area contributed by atoms with Crippen LogP contribution in [-0.4, -0.2) is 28.9 Å². The van der Waals surface area contributed by atoms with E-state index in [0.29, 0.717) is 29.4 Å². The van der Waals surface area contributed by atoms with Crippen molar-refractivity contribution in [1.29, 1.82) is 0 Å². The third kappa shape index (κ3) is 1.47. The zero-order valence-electron chi connectivity index (χ0n) is 13.0. The van der Waals surface area contributed by atoms with E-state index in [2.05, 4.69) is 13.5 Å². The Bertz CT molecular complexity index is 662. The lowest BCUT2D eigenvalue weighted by molar-refractivity contribution is -0.214. The van der Waals surface area contributed by atoms with E-state index >= 15 is 0 Å². The Hall–Kier alpha value is -1.62. The molecule has 0 spiro atoms. The molecule has 118 valence electrons. The molecule has 0 saturated heterocycles. The SMILES string of the molecule is C=C1[C@@H]2[C@H](OC(C)=O)C3=C(C)C(=O)O[C@@]3(O)C[C@]2(C)[C@H]2C[C@@H]12. The smallest absolute Gasteiger partial charge is 0.336 e. The van der Waals surface area contributed by atoms with Crippen molar-refractivity contribution in [3.05, 3.63) is 23.3 Å². The maximum Gasteiger partial charge on any atom is 0.336 e. The van der Waals surface area contributed by atoms with Crippen LogP contribution < -0.4 is 0 Å². The number of hydrogen-bond donors (Lipinski definition) is 1. The molecular formula is C17H20O5. The molecule has 0 aromatic carbocycles. The van der Waals surface area contributed by atoms with Crippen molar-refractivity contribution in [2.24, 2.45) is 23.2 Å². The van der Waals surface area contributed by atoms with E-state index in [1.54, 1.807) is 6.92 Å². The highest BCUT2D eigenvalue weighted by molar-refractivity contribution is 5.92. The van der Waals surface area contributed by atoms with Gasteiger partial charge in [-0.25, -0.2) is 4.79 Å². The molecule has 3 saturated carbocycles. The molecule has 3 aliphatic carbocycles. The quantitative estimate of drug-likeness (QED) is 0.590. The lowest BCUT2D eigenvalue weighted by Gasteiger charge is -2.49. The Morgan fingerprint density at radius 1 is 1.50 bits per heavy atom. The van der Waals surface area contributed by atoms with Crippen molar-refractivity contribution in [2.45, 2.75) is 45.5 Å². The zero-order valence-corrected chi connectivity index (χ0v) is 13.0. The Labute approximate surface area is 129 Å². The summed E-state index contributed by atoms with van der Waals surface area (Å²) in [6.45, 7) is 9.28. The van der Waals surface area contributed by atoms with Crippen LogP contribution in [0.1, 0.15) is 33.6 Å². The lowest BCUT2D eigenvalue weighted by atomic mass is 9.60. The van der Waals surface area contributed by atoms with E-state index in [-0.39, 0.29) is 11.3 Å². The fourth-order valence-electron chi connectivity index (χ4n) is 5.24. The number of carbonyl (C=O) groups excluding carboxylic acids is 2. The second kappa shape index (κ2) is 3.82. The molecular weight excluding hydrogens is 284 g/mol. The topological polar surface area (TPSA) is 72.8 Å². The number of ether oxygens (including phenoxy) is 2. The fraction of sp³-hybridized carbons (Fsp3) is 0.647. The third-order valence-electron chi connectivity index (χ3n) is 6.12. The number of aliphatic hydroxyl groups is 1. The van der Waals surface area contributed by atoms with Crippen molar-refractivity contribution in [3.8, 4) is 0 Å². The maximum atomic E-state index is 12.0. The summed E-state index contributed by atoms with van der Waals surface area (Å²) in [7, 11) is 0. The Morgan fingerprint density at radius 2 is 2.18 bits per heavy atom. The van der Waals surface area contributed by atoms with E-state index in [4.69, 9.17) is 9.47 Å². The highest BCUT2D eigenvalue weighted by atomic mass is 16.7. The van der Waals surface area contributed by atoms with Gasteiger partial charge in [0.15, 0.2) is 0 Å². The highest BCUT2D eigenvalue weighted by Gasteiger charge is 2.72. The monoisotopic (exact) mass is 304 g/mol. The minimum absolute atomic E-state index is 0.0557. The molecule has 4 rings (SSSR count). The summed E-state index contributed by atoms with van der Waals surface area (Å²) in [5.41, 5.74) is 1.59. The van der Waals surface area contributed by atoms with Crippen LogP contribution in [0.25, 0.3) is 0 Å². The molecule has 0 bridgehead atoms. The van der Waals surface area contributed by atoms with Crippen molar-refractivity contribution in [1.82, 2.24) is 0 Å². The van der Waals surface area contributed by atoms with E-state index in [9.17, 15) is 14.7 Å². The van der Waals surface area contributed by atoms with Crippen LogP contribution >= 0.6 is 0 Å². The normalized spacial score (nSPS) is 48.5. The van der Waals surface area contributed by atoms with Gasteiger partial charge in [0.05, 0.1) is 5.57 Å². The summed E-state index contributed by atoms with van der Waals surface area (Å²) < 4.78 is 10.8. The van der Waals surface area contributed by atoms with Gasteiger partial charge in [0.1, 0.15) is 6.10 Å². The summed E-state index contributed by atoms with van der Waals surface area (Å²) in [6, 6.07) is 0. The van der Waals surface area contributed by atoms with Crippen molar-refractivity contribution >= 4 is 11.9 Å². The first kappa shape index (κ1) is 14.0. The van der Waals surface area contributed by atoms with Crippen LogP contribution in [0.2, 0.25) is 0 Å². The van der Waals surface area contributed by atoms with Gasteiger partial charge >= 0.3 is 11.9 Å². The van der Waals surface area contributed by atoms with Gasteiger partial charge in [-0.2, -0.15) is 0 Å². The van der Waals surface area contributed by atoms with Gasteiger partial charge in [0, 0.05) is 24.8 Å². The largest absolute Gasteiger partial charge is 0.457 e. The Kier molecular flexibility index (Phi) is 2.43. The molecule has 5 nitrogen and oxygen atoms in total. The van der Waals surface area contributed by atoms with E-state index in [1.807, 2.05) is 0 Å². The van der Waals surface area contributed by atoms with Crippen molar-refractivity contribution < 1.29 is 24.2 Å². The molecule has 0 aromatic rings. The number of carbonyl (C=O) groups is 2. The summed E-state index contributed by atoms with van der Waals surface area (Å²) in [4.78, 5) is 23.6. The van der Waals surface area contributed by atoms with Gasteiger partial charge < -0.3 is 14.6 Å². The molecule has 3 fully saturated rings. The minimum Gasteiger partial charge on any atom is -0.457 e. The predicted octanol–water partition coefficient (Wildman–Crippen LogP) is 1.71. The summed E-state index contributed by atoms with van der Waals surface area (Å²) in [6.07, 6.45) is 0.745. The van der Waals surface area contributed by atoms with Crippen LogP contribution in [0.5, 0.6) is 0 Å². The summed E-state index contributed by atoms with van der Waals surface area (Å²) in [5.74, 6) is -1.80. The molecule has 0 amide bonds. The second-order valence-electron chi connectivity index (χ2n) is 7.43. The third-order valence-corrected chi connectivity index (χ3v) is 6.12. The maximum absolute atomic E-state index is 12.0. The van der Waals surface area contributed by atoms with Gasteiger partial charge in [0.25, 0.3) is 0 Å². The molecule has 4 aliphatic rings. The molecule has 6 atom stereocenters. The van der Waals surface area contributed by atoms with Gasteiger partial charge in [-0.15, -0.1) is 0 Å². The Morgan fingerprint density at radius 3 is 2.82 bits per heavy atom.